The number of amidine groups is 1. The summed E-state index contributed by atoms with van der Waals surface area (Å²) in [5.74, 6) is 3.20. The Morgan fingerprint density at radius 3 is 2.75 bits per heavy atom. The van der Waals surface area contributed by atoms with Crippen molar-refractivity contribution in [3.05, 3.63) is 5.82 Å². The van der Waals surface area contributed by atoms with Crippen molar-refractivity contribution in [1.29, 1.82) is 0 Å². The van der Waals surface area contributed by atoms with Crippen LogP contribution in [0.15, 0.2) is 10.3 Å². The lowest BCUT2D eigenvalue weighted by atomic mass is 10.2. The molecule has 20 heavy (non-hydrogen) atoms. The van der Waals surface area contributed by atoms with Crippen molar-refractivity contribution in [2.45, 2.75) is 62.1 Å². The SMILES string of the molecule is NC(CCCCSc1nnc(C2CC2)n1C1CC1)=NO. The molecule has 1 heterocycles. The van der Waals surface area contributed by atoms with Crippen LogP contribution >= 0.6 is 11.8 Å². The second-order valence-electron chi connectivity index (χ2n) is 5.61. The molecule has 0 aliphatic heterocycles. The Balaban J connectivity index is 1.50. The highest BCUT2D eigenvalue weighted by Gasteiger charge is 2.36. The molecule has 2 saturated carbocycles. The van der Waals surface area contributed by atoms with E-state index in [2.05, 4.69) is 19.9 Å². The minimum atomic E-state index is 0.312. The maximum atomic E-state index is 8.47. The predicted molar refractivity (Wildman–Crippen MR) is 78.3 cm³/mol. The van der Waals surface area contributed by atoms with Crippen LogP contribution < -0.4 is 5.73 Å². The molecule has 3 rings (SSSR count). The highest BCUT2D eigenvalue weighted by molar-refractivity contribution is 7.99. The van der Waals surface area contributed by atoms with Gasteiger partial charge >= 0.3 is 0 Å². The fourth-order valence-corrected chi connectivity index (χ4v) is 3.32. The molecule has 0 radical (unpaired) electrons. The molecule has 2 aliphatic carbocycles. The first-order valence-corrected chi connectivity index (χ1v) is 8.32. The van der Waals surface area contributed by atoms with Gasteiger partial charge in [0.2, 0.25) is 0 Å². The highest BCUT2D eigenvalue weighted by atomic mass is 32.2. The Bertz CT molecular complexity index is 493. The Hall–Kier alpha value is -1.24. The van der Waals surface area contributed by atoms with Gasteiger partial charge in [-0.1, -0.05) is 16.9 Å². The number of thioether (sulfide) groups is 1. The van der Waals surface area contributed by atoms with E-state index in [1.807, 2.05) is 0 Å². The maximum absolute atomic E-state index is 8.47. The van der Waals surface area contributed by atoms with Gasteiger partial charge in [-0.3, -0.25) is 0 Å². The molecular formula is C13H21N5OS. The molecule has 7 heteroatoms. The van der Waals surface area contributed by atoms with Crippen LogP contribution in [0.25, 0.3) is 0 Å². The number of rotatable bonds is 8. The van der Waals surface area contributed by atoms with Gasteiger partial charge < -0.3 is 15.5 Å². The standard InChI is InChI=1S/C13H21N5OS/c14-11(17-19)3-1-2-8-20-13-16-15-12(9-4-5-9)18(13)10-6-7-10/h9-10,19H,1-8H2,(H2,14,17). The van der Waals surface area contributed by atoms with Crippen molar-refractivity contribution < 1.29 is 5.21 Å². The molecule has 3 N–H and O–H groups in total. The van der Waals surface area contributed by atoms with Crippen LogP contribution in [0.2, 0.25) is 0 Å². The summed E-state index contributed by atoms with van der Waals surface area (Å²) in [5, 5.41) is 21.3. The zero-order valence-electron chi connectivity index (χ0n) is 11.5. The number of nitrogens with zero attached hydrogens (tertiary/aromatic N) is 4. The predicted octanol–water partition coefficient (Wildman–Crippen LogP) is 2.50. The van der Waals surface area contributed by atoms with E-state index in [1.165, 1.54) is 31.5 Å². The fraction of sp³-hybridized carbons (Fsp3) is 0.769. The zero-order chi connectivity index (χ0) is 13.9. The van der Waals surface area contributed by atoms with E-state index in [-0.39, 0.29) is 0 Å². The van der Waals surface area contributed by atoms with Crippen LogP contribution in [0.1, 0.15) is 62.7 Å². The average molecular weight is 295 g/mol. The lowest BCUT2D eigenvalue weighted by Gasteiger charge is -2.07. The third kappa shape index (κ3) is 3.26. The van der Waals surface area contributed by atoms with Gasteiger partial charge in [-0.2, -0.15) is 0 Å². The third-order valence-corrected chi connectivity index (χ3v) is 4.76. The number of nitrogens with two attached hydrogens (primary N) is 1. The number of oxime groups is 1. The van der Waals surface area contributed by atoms with E-state index in [0.717, 1.165) is 23.8 Å². The Morgan fingerprint density at radius 1 is 1.30 bits per heavy atom. The first kappa shape index (κ1) is 13.7. The van der Waals surface area contributed by atoms with E-state index in [4.69, 9.17) is 10.9 Å². The molecule has 1 aromatic rings. The molecule has 2 fully saturated rings. The van der Waals surface area contributed by atoms with E-state index < -0.39 is 0 Å². The van der Waals surface area contributed by atoms with E-state index in [9.17, 15) is 0 Å². The lowest BCUT2D eigenvalue weighted by Crippen LogP contribution is -2.10. The first-order valence-electron chi connectivity index (χ1n) is 7.33. The minimum absolute atomic E-state index is 0.312. The molecule has 0 saturated heterocycles. The van der Waals surface area contributed by atoms with Crippen molar-refractivity contribution in [3.8, 4) is 0 Å². The summed E-state index contributed by atoms with van der Waals surface area (Å²) >= 11 is 1.79. The minimum Gasteiger partial charge on any atom is -0.409 e. The van der Waals surface area contributed by atoms with Crippen LogP contribution in [0.3, 0.4) is 0 Å². The molecule has 0 atom stereocenters. The van der Waals surface area contributed by atoms with Crippen molar-refractivity contribution in [2.75, 3.05) is 5.75 Å². The van der Waals surface area contributed by atoms with Crippen LogP contribution in [0.5, 0.6) is 0 Å². The summed E-state index contributed by atoms with van der Waals surface area (Å²) in [6.07, 6.45) is 7.72. The molecule has 0 bridgehead atoms. The molecular weight excluding hydrogens is 274 g/mol. The molecule has 110 valence electrons. The molecule has 0 spiro atoms. The third-order valence-electron chi connectivity index (χ3n) is 3.73. The Labute approximate surface area is 122 Å². The monoisotopic (exact) mass is 295 g/mol. The van der Waals surface area contributed by atoms with Gasteiger partial charge in [0.1, 0.15) is 11.7 Å². The van der Waals surface area contributed by atoms with Gasteiger partial charge in [0.05, 0.1) is 0 Å². The van der Waals surface area contributed by atoms with Gasteiger partial charge in [0.15, 0.2) is 5.16 Å². The Kier molecular flexibility index (Phi) is 4.14. The molecule has 0 aromatic carbocycles. The summed E-state index contributed by atoms with van der Waals surface area (Å²) in [7, 11) is 0. The van der Waals surface area contributed by atoms with E-state index >= 15 is 0 Å². The normalized spacial score (nSPS) is 19.5. The van der Waals surface area contributed by atoms with Crippen LogP contribution in [0.4, 0.5) is 0 Å². The number of hydrogen-bond donors (Lipinski definition) is 2. The quantitative estimate of drug-likeness (QED) is 0.192. The number of aromatic nitrogens is 3. The van der Waals surface area contributed by atoms with Gasteiger partial charge in [-0.05, 0) is 38.5 Å². The van der Waals surface area contributed by atoms with E-state index in [1.54, 1.807) is 11.8 Å². The number of unbranched alkanes of at least 4 members (excludes halogenated alkanes) is 1. The van der Waals surface area contributed by atoms with Crippen molar-refractivity contribution >= 4 is 17.6 Å². The molecule has 2 aliphatic rings. The number of hydrogen-bond acceptors (Lipinski definition) is 5. The maximum Gasteiger partial charge on any atom is 0.191 e. The zero-order valence-corrected chi connectivity index (χ0v) is 12.3. The fourth-order valence-electron chi connectivity index (χ4n) is 2.30. The largest absolute Gasteiger partial charge is 0.409 e. The van der Waals surface area contributed by atoms with Gasteiger partial charge in [0, 0.05) is 24.1 Å². The summed E-state index contributed by atoms with van der Waals surface area (Å²) in [6, 6.07) is 0.653. The van der Waals surface area contributed by atoms with Crippen LogP contribution in [-0.4, -0.2) is 31.6 Å². The van der Waals surface area contributed by atoms with Crippen molar-refractivity contribution in [1.82, 2.24) is 14.8 Å². The van der Waals surface area contributed by atoms with Crippen molar-refractivity contribution in [3.63, 3.8) is 0 Å². The first-order chi connectivity index (χ1) is 9.79. The second-order valence-corrected chi connectivity index (χ2v) is 6.68. The summed E-state index contributed by atoms with van der Waals surface area (Å²) < 4.78 is 2.38. The lowest BCUT2D eigenvalue weighted by molar-refractivity contribution is 0.316. The van der Waals surface area contributed by atoms with E-state index in [0.29, 0.717) is 24.2 Å². The van der Waals surface area contributed by atoms with Crippen LogP contribution in [-0.2, 0) is 0 Å². The van der Waals surface area contributed by atoms with Gasteiger partial charge in [-0.15, -0.1) is 10.2 Å². The molecule has 0 amide bonds. The summed E-state index contributed by atoms with van der Waals surface area (Å²) in [4.78, 5) is 0. The van der Waals surface area contributed by atoms with Gasteiger partial charge in [0.25, 0.3) is 0 Å². The average Bonchev–Trinajstić information content (AvgIpc) is 3.37. The topological polar surface area (TPSA) is 89.3 Å². The molecule has 6 nitrogen and oxygen atoms in total. The van der Waals surface area contributed by atoms with Crippen molar-refractivity contribution in [2.24, 2.45) is 10.9 Å². The molecule has 1 aromatic heterocycles. The van der Waals surface area contributed by atoms with Crippen LogP contribution in [0, 0.1) is 0 Å². The van der Waals surface area contributed by atoms with Gasteiger partial charge in [-0.25, -0.2) is 0 Å². The smallest absolute Gasteiger partial charge is 0.191 e. The highest BCUT2D eigenvalue weighted by Crippen LogP contribution is 2.46. The second kappa shape index (κ2) is 6.03. The Morgan fingerprint density at radius 2 is 2.10 bits per heavy atom. The molecule has 0 unspecified atom stereocenters. The summed E-state index contributed by atoms with van der Waals surface area (Å²) in [6.45, 7) is 0. The summed E-state index contributed by atoms with van der Waals surface area (Å²) in [5.41, 5.74) is 5.45.